The fraction of sp³-hybridized carbons (Fsp3) is 0.286. The van der Waals surface area contributed by atoms with Gasteiger partial charge in [0.25, 0.3) is 5.91 Å². The summed E-state index contributed by atoms with van der Waals surface area (Å²) < 4.78 is 0. The van der Waals surface area contributed by atoms with E-state index in [1.165, 1.54) is 0 Å². The topological polar surface area (TPSA) is 67.8 Å². The van der Waals surface area contributed by atoms with Gasteiger partial charge in [-0.15, -0.1) is 0 Å². The fourth-order valence-corrected chi connectivity index (χ4v) is 3.46. The lowest BCUT2D eigenvalue weighted by atomic mass is 9.90. The molecular formula is C21H20N2O3. The number of rotatable bonds is 5. The molecule has 2 aliphatic rings. The Morgan fingerprint density at radius 2 is 1.92 bits per heavy atom. The lowest BCUT2D eigenvalue weighted by Crippen LogP contribution is -2.27. The number of nitrogens with one attached hydrogen (secondary N) is 1. The van der Waals surface area contributed by atoms with Crippen LogP contribution in [0.15, 0.2) is 53.7 Å². The predicted molar refractivity (Wildman–Crippen MR) is 99.0 cm³/mol. The summed E-state index contributed by atoms with van der Waals surface area (Å²) in [5, 5.41) is 6.68. The van der Waals surface area contributed by atoms with Crippen molar-refractivity contribution in [1.29, 1.82) is 0 Å². The molecule has 132 valence electrons. The molecule has 1 saturated carbocycles. The van der Waals surface area contributed by atoms with Crippen molar-refractivity contribution in [3.63, 3.8) is 0 Å². The van der Waals surface area contributed by atoms with Crippen LogP contribution in [0.2, 0.25) is 0 Å². The summed E-state index contributed by atoms with van der Waals surface area (Å²) in [7, 11) is 0. The van der Waals surface area contributed by atoms with E-state index < -0.39 is 5.91 Å². The normalized spacial score (nSPS) is 16.7. The molecule has 4 rings (SSSR count). The van der Waals surface area contributed by atoms with Crippen LogP contribution in [0.3, 0.4) is 0 Å². The van der Waals surface area contributed by atoms with E-state index in [9.17, 15) is 9.59 Å². The van der Waals surface area contributed by atoms with E-state index in [-0.39, 0.29) is 17.6 Å². The highest BCUT2D eigenvalue weighted by Gasteiger charge is 2.46. The van der Waals surface area contributed by atoms with Gasteiger partial charge < -0.3 is 10.2 Å². The summed E-state index contributed by atoms with van der Waals surface area (Å²) in [6.07, 6.45) is 2.15. The molecule has 0 radical (unpaired) electrons. The highest BCUT2D eigenvalue weighted by atomic mass is 16.6. The molecule has 2 aromatic carbocycles. The van der Waals surface area contributed by atoms with Crippen molar-refractivity contribution in [2.45, 2.75) is 38.2 Å². The van der Waals surface area contributed by atoms with Gasteiger partial charge in [0.05, 0.1) is 5.71 Å². The Balaban J connectivity index is 1.45. The van der Waals surface area contributed by atoms with E-state index >= 15 is 0 Å². The Kier molecular flexibility index (Phi) is 4.07. The third kappa shape index (κ3) is 3.12. The molecule has 0 saturated heterocycles. The number of benzene rings is 2. The third-order valence-electron chi connectivity index (χ3n) is 5.17. The first-order chi connectivity index (χ1) is 12.6. The van der Waals surface area contributed by atoms with Crippen LogP contribution in [0.25, 0.3) is 0 Å². The second kappa shape index (κ2) is 6.41. The van der Waals surface area contributed by atoms with Gasteiger partial charge in [0.15, 0.2) is 0 Å². The monoisotopic (exact) mass is 348 g/mol. The van der Waals surface area contributed by atoms with Crippen LogP contribution in [0.4, 0.5) is 5.69 Å². The van der Waals surface area contributed by atoms with Gasteiger partial charge in [-0.05, 0) is 37.5 Å². The molecule has 1 amide bonds. The van der Waals surface area contributed by atoms with Crippen LogP contribution in [-0.2, 0) is 26.4 Å². The van der Waals surface area contributed by atoms with E-state index in [2.05, 4.69) is 10.5 Å². The van der Waals surface area contributed by atoms with Gasteiger partial charge >= 0.3 is 0 Å². The SMILES string of the molecule is CC1=NOCc2ccc(NC(=O)C(=O)CC3(c4ccccc4)CC3)cc21. The molecule has 0 unspecified atom stereocenters. The van der Waals surface area contributed by atoms with Crippen LogP contribution in [-0.4, -0.2) is 17.4 Å². The van der Waals surface area contributed by atoms with Gasteiger partial charge in [0.2, 0.25) is 5.78 Å². The van der Waals surface area contributed by atoms with Gasteiger partial charge in [-0.25, -0.2) is 0 Å². The molecule has 0 atom stereocenters. The zero-order valence-electron chi connectivity index (χ0n) is 14.6. The Labute approximate surface area is 152 Å². The maximum absolute atomic E-state index is 12.5. The summed E-state index contributed by atoms with van der Waals surface area (Å²) in [5.41, 5.74) is 4.29. The third-order valence-corrected chi connectivity index (χ3v) is 5.17. The number of carbonyl (C=O) groups is 2. The van der Waals surface area contributed by atoms with E-state index in [4.69, 9.17) is 4.84 Å². The molecule has 1 aliphatic heterocycles. The predicted octanol–water partition coefficient (Wildman–Crippen LogP) is 3.57. The van der Waals surface area contributed by atoms with Gasteiger partial charge in [-0.1, -0.05) is 41.6 Å². The Bertz CT molecular complexity index is 899. The molecule has 2 aromatic rings. The molecule has 26 heavy (non-hydrogen) atoms. The number of anilines is 1. The standard InChI is InChI=1S/C21H20N2O3/c1-14-18-11-17(8-7-15(18)13-26-23-14)22-20(25)19(24)12-21(9-10-21)16-5-3-2-4-6-16/h2-8,11H,9-10,12-13H2,1H3,(H,22,25). The zero-order valence-corrected chi connectivity index (χ0v) is 14.6. The maximum Gasteiger partial charge on any atom is 0.291 e. The molecule has 0 bridgehead atoms. The molecule has 1 aliphatic carbocycles. The molecule has 0 aromatic heterocycles. The molecular weight excluding hydrogens is 328 g/mol. The number of ketones is 1. The first kappa shape index (κ1) is 16.5. The maximum atomic E-state index is 12.5. The van der Waals surface area contributed by atoms with Crippen LogP contribution >= 0.6 is 0 Å². The van der Waals surface area contributed by atoms with E-state index in [0.717, 1.165) is 35.2 Å². The Morgan fingerprint density at radius 1 is 1.15 bits per heavy atom. The average Bonchev–Trinajstić information content (AvgIpc) is 3.44. The second-order valence-corrected chi connectivity index (χ2v) is 7.02. The number of Topliss-reactive ketones (excluding diaryl/α,β-unsaturated/α-hetero) is 1. The molecule has 1 heterocycles. The molecule has 5 heteroatoms. The van der Waals surface area contributed by atoms with Crippen LogP contribution in [0, 0.1) is 0 Å². The number of fused-ring (bicyclic) bond motifs is 1. The van der Waals surface area contributed by atoms with E-state index in [0.29, 0.717) is 12.3 Å². The van der Waals surface area contributed by atoms with E-state index in [1.54, 1.807) is 6.07 Å². The smallest absolute Gasteiger partial charge is 0.291 e. The van der Waals surface area contributed by atoms with Crippen molar-refractivity contribution in [3.8, 4) is 0 Å². The average molecular weight is 348 g/mol. The minimum atomic E-state index is -0.561. The van der Waals surface area contributed by atoms with Crippen molar-refractivity contribution in [1.82, 2.24) is 0 Å². The van der Waals surface area contributed by atoms with Crippen molar-refractivity contribution >= 4 is 23.1 Å². The second-order valence-electron chi connectivity index (χ2n) is 7.02. The van der Waals surface area contributed by atoms with Gasteiger partial charge in [0, 0.05) is 28.7 Å². The number of hydrogen-bond acceptors (Lipinski definition) is 4. The largest absolute Gasteiger partial charge is 0.391 e. The molecule has 0 spiro atoms. The number of oxime groups is 1. The zero-order chi connectivity index (χ0) is 18.1. The van der Waals surface area contributed by atoms with Crippen LogP contribution in [0.5, 0.6) is 0 Å². The van der Waals surface area contributed by atoms with Crippen molar-refractivity contribution in [2.24, 2.45) is 5.16 Å². The summed E-state index contributed by atoms with van der Waals surface area (Å²) >= 11 is 0. The number of nitrogens with zero attached hydrogens (tertiary/aromatic N) is 1. The number of hydrogen-bond donors (Lipinski definition) is 1. The molecule has 1 N–H and O–H groups in total. The van der Waals surface area contributed by atoms with Crippen molar-refractivity contribution in [3.05, 3.63) is 65.2 Å². The van der Waals surface area contributed by atoms with Gasteiger partial charge in [-0.3, -0.25) is 9.59 Å². The summed E-state index contributed by atoms with van der Waals surface area (Å²) in [5.74, 6) is -0.938. The minimum absolute atomic E-state index is 0.161. The fourth-order valence-electron chi connectivity index (χ4n) is 3.46. The molecule has 1 fully saturated rings. The van der Waals surface area contributed by atoms with Crippen LogP contribution in [0.1, 0.15) is 42.9 Å². The van der Waals surface area contributed by atoms with E-state index in [1.807, 2.05) is 49.4 Å². The van der Waals surface area contributed by atoms with Gasteiger partial charge in [0.1, 0.15) is 6.61 Å². The first-order valence-electron chi connectivity index (χ1n) is 8.77. The number of carbonyl (C=O) groups excluding carboxylic acids is 2. The van der Waals surface area contributed by atoms with Gasteiger partial charge in [-0.2, -0.15) is 0 Å². The van der Waals surface area contributed by atoms with Crippen molar-refractivity contribution < 1.29 is 14.4 Å². The summed E-state index contributed by atoms with van der Waals surface area (Å²) in [4.78, 5) is 30.0. The number of amides is 1. The lowest BCUT2D eigenvalue weighted by Gasteiger charge is -2.16. The lowest BCUT2D eigenvalue weighted by molar-refractivity contribution is -0.135. The summed E-state index contributed by atoms with van der Waals surface area (Å²) in [6, 6.07) is 15.5. The highest BCUT2D eigenvalue weighted by molar-refractivity contribution is 6.41. The minimum Gasteiger partial charge on any atom is -0.391 e. The van der Waals surface area contributed by atoms with Crippen LogP contribution < -0.4 is 5.32 Å². The first-order valence-corrected chi connectivity index (χ1v) is 8.77. The quantitative estimate of drug-likeness (QED) is 0.840. The Hall–Kier alpha value is -2.95. The Morgan fingerprint density at radius 3 is 2.65 bits per heavy atom. The molecule has 5 nitrogen and oxygen atoms in total. The van der Waals surface area contributed by atoms with Crippen molar-refractivity contribution in [2.75, 3.05) is 5.32 Å². The highest BCUT2D eigenvalue weighted by Crippen LogP contribution is 2.51. The summed E-state index contributed by atoms with van der Waals surface area (Å²) in [6.45, 7) is 2.27.